The second-order valence-corrected chi connectivity index (χ2v) is 6.01. The number of nitrogens with two attached hydrogens (primary N) is 1. The lowest BCUT2D eigenvalue weighted by Crippen LogP contribution is -2.39. The van der Waals surface area contributed by atoms with E-state index in [1.165, 1.54) is 5.56 Å². The quantitative estimate of drug-likeness (QED) is 0.797. The van der Waals surface area contributed by atoms with Crippen molar-refractivity contribution in [2.45, 2.75) is 18.5 Å². The average Bonchev–Trinajstić information content (AvgIpc) is 3.30. The summed E-state index contributed by atoms with van der Waals surface area (Å²) in [5, 5.41) is 4.05. The molecule has 118 valence electrons. The predicted octanol–water partition coefficient (Wildman–Crippen LogP) is 2.39. The van der Waals surface area contributed by atoms with Crippen molar-refractivity contribution in [2.75, 3.05) is 13.1 Å². The molecule has 0 amide bonds. The topological polar surface area (TPSA) is 81.3 Å². The first-order valence-electron chi connectivity index (χ1n) is 7.65. The summed E-state index contributed by atoms with van der Waals surface area (Å²) in [5.74, 6) is 1.15. The highest BCUT2D eigenvalue weighted by atomic mass is 16.5. The number of hydrogen-bond donors (Lipinski definition) is 1. The molecule has 6 heteroatoms. The SMILES string of the molecule is NC1(c2ccccc2)CCN(Cc2noc(-c3ccoc3)n2)C1. The molecule has 0 aliphatic carbocycles. The van der Waals surface area contributed by atoms with Gasteiger partial charge in [0.1, 0.15) is 6.26 Å². The molecular weight excluding hydrogens is 292 g/mol. The number of likely N-dealkylation sites (tertiary alicyclic amines) is 1. The molecule has 1 aliphatic heterocycles. The van der Waals surface area contributed by atoms with Crippen LogP contribution in [0.4, 0.5) is 0 Å². The van der Waals surface area contributed by atoms with Gasteiger partial charge >= 0.3 is 0 Å². The Morgan fingerprint density at radius 1 is 1.22 bits per heavy atom. The molecule has 0 spiro atoms. The van der Waals surface area contributed by atoms with Gasteiger partial charge in [-0.2, -0.15) is 4.98 Å². The first kappa shape index (κ1) is 14.2. The van der Waals surface area contributed by atoms with Crippen molar-refractivity contribution in [1.29, 1.82) is 0 Å². The van der Waals surface area contributed by atoms with E-state index in [1.807, 2.05) is 18.2 Å². The van der Waals surface area contributed by atoms with E-state index < -0.39 is 0 Å². The standard InChI is InChI=1S/C17H18N4O2/c18-17(14-4-2-1-3-5-14)7-8-21(12-17)10-15-19-16(23-20-15)13-6-9-22-11-13/h1-6,9,11H,7-8,10,12,18H2. The Balaban J connectivity index is 1.45. The first-order valence-corrected chi connectivity index (χ1v) is 7.65. The second kappa shape index (κ2) is 5.64. The maximum atomic E-state index is 6.59. The minimum atomic E-state index is -0.307. The van der Waals surface area contributed by atoms with Crippen LogP contribution in [0.15, 0.2) is 57.9 Å². The molecule has 3 heterocycles. The van der Waals surface area contributed by atoms with Gasteiger partial charge in [0.25, 0.3) is 5.89 Å². The van der Waals surface area contributed by atoms with Crippen molar-refractivity contribution in [3.63, 3.8) is 0 Å². The molecule has 1 fully saturated rings. The predicted molar refractivity (Wildman–Crippen MR) is 84.2 cm³/mol. The molecule has 2 N–H and O–H groups in total. The monoisotopic (exact) mass is 310 g/mol. The number of nitrogens with zero attached hydrogens (tertiary/aromatic N) is 3. The van der Waals surface area contributed by atoms with Crippen molar-refractivity contribution in [1.82, 2.24) is 15.0 Å². The maximum absolute atomic E-state index is 6.59. The molecule has 3 aromatic rings. The van der Waals surface area contributed by atoms with Crippen LogP contribution in [0.3, 0.4) is 0 Å². The molecule has 1 atom stereocenters. The highest BCUT2D eigenvalue weighted by molar-refractivity contribution is 5.49. The lowest BCUT2D eigenvalue weighted by molar-refractivity contribution is 0.291. The Morgan fingerprint density at radius 2 is 2.09 bits per heavy atom. The van der Waals surface area contributed by atoms with Crippen LogP contribution >= 0.6 is 0 Å². The van der Waals surface area contributed by atoms with Gasteiger partial charge in [0.05, 0.1) is 23.9 Å². The summed E-state index contributed by atoms with van der Waals surface area (Å²) in [6.45, 7) is 2.33. The lowest BCUT2D eigenvalue weighted by atomic mass is 9.90. The molecule has 23 heavy (non-hydrogen) atoms. The Labute approximate surface area is 133 Å². The zero-order chi connectivity index (χ0) is 15.7. The minimum absolute atomic E-state index is 0.307. The van der Waals surface area contributed by atoms with Gasteiger partial charge in [-0.25, -0.2) is 0 Å². The molecule has 0 bridgehead atoms. The summed E-state index contributed by atoms with van der Waals surface area (Å²) in [6.07, 6.45) is 4.10. The molecule has 1 unspecified atom stereocenters. The van der Waals surface area contributed by atoms with Crippen LogP contribution in [-0.2, 0) is 12.1 Å². The second-order valence-electron chi connectivity index (χ2n) is 6.01. The van der Waals surface area contributed by atoms with Gasteiger partial charge in [0.2, 0.25) is 0 Å². The van der Waals surface area contributed by atoms with Crippen LogP contribution in [0.25, 0.3) is 11.5 Å². The van der Waals surface area contributed by atoms with E-state index in [9.17, 15) is 0 Å². The molecule has 6 nitrogen and oxygen atoms in total. The van der Waals surface area contributed by atoms with Crippen LogP contribution in [0.1, 0.15) is 17.8 Å². The Bertz CT molecular complexity index is 769. The molecular formula is C17H18N4O2. The summed E-state index contributed by atoms with van der Waals surface area (Å²) >= 11 is 0. The average molecular weight is 310 g/mol. The zero-order valence-electron chi connectivity index (χ0n) is 12.7. The van der Waals surface area contributed by atoms with Gasteiger partial charge in [-0.1, -0.05) is 35.5 Å². The van der Waals surface area contributed by atoms with Crippen LogP contribution in [-0.4, -0.2) is 28.1 Å². The number of hydrogen-bond acceptors (Lipinski definition) is 6. The largest absolute Gasteiger partial charge is 0.472 e. The fraction of sp³-hybridized carbons (Fsp3) is 0.294. The third kappa shape index (κ3) is 2.78. The van der Waals surface area contributed by atoms with Gasteiger partial charge in [-0.15, -0.1) is 0 Å². The van der Waals surface area contributed by atoms with Crippen molar-refractivity contribution >= 4 is 0 Å². The van der Waals surface area contributed by atoms with Crippen LogP contribution in [0.5, 0.6) is 0 Å². The van der Waals surface area contributed by atoms with Gasteiger partial charge in [-0.05, 0) is 18.1 Å². The number of benzene rings is 1. The molecule has 1 aliphatic rings. The Hall–Kier alpha value is -2.44. The molecule has 1 saturated heterocycles. The van der Waals surface area contributed by atoms with E-state index in [0.717, 1.165) is 25.1 Å². The van der Waals surface area contributed by atoms with E-state index in [4.69, 9.17) is 14.7 Å². The van der Waals surface area contributed by atoms with Crippen LogP contribution < -0.4 is 5.73 Å². The molecule has 1 aromatic carbocycles. The highest BCUT2D eigenvalue weighted by Crippen LogP contribution is 2.30. The third-order valence-corrected chi connectivity index (χ3v) is 4.33. The van der Waals surface area contributed by atoms with Crippen molar-refractivity contribution < 1.29 is 8.94 Å². The van der Waals surface area contributed by atoms with Crippen molar-refractivity contribution in [3.05, 3.63) is 60.3 Å². The van der Waals surface area contributed by atoms with Gasteiger partial charge < -0.3 is 14.7 Å². The molecule has 4 rings (SSSR count). The molecule has 2 aromatic heterocycles. The fourth-order valence-corrected chi connectivity index (χ4v) is 3.08. The maximum Gasteiger partial charge on any atom is 0.261 e. The summed E-state index contributed by atoms with van der Waals surface area (Å²) in [4.78, 5) is 6.68. The number of aromatic nitrogens is 2. The number of furan rings is 1. The molecule has 0 saturated carbocycles. The smallest absolute Gasteiger partial charge is 0.261 e. The van der Waals surface area contributed by atoms with Crippen molar-refractivity contribution in [3.8, 4) is 11.5 Å². The number of rotatable bonds is 4. The van der Waals surface area contributed by atoms with Gasteiger partial charge in [0.15, 0.2) is 5.82 Å². The highest BCUT2D eigenvalue weighted by Gasteiger charge is 2.36. The Kier molecular flexibility index (Phi) is 3.48. The van der Waals surface area contributed by atoms with E-state index in [2.05, 4.69) is 27.2 Å². The lowest BCUT2D eigenvalue weighted by Gasteiger charge is -2.24. The van der Waals surface area contributed by atoms with Crippen LogP contribution in [0.2, 0.25) is 0 Å². The Morgan fingerprint density at radius 3 is 2.87 bits per heavy atom. The van der Waals surface area contributed by atoms with E-state index in [-0.39, 0.29) is 5.54 Å². The van der Waals surface area contributed by atoms with Crippen LogP contribution in [0, 0.1) is 0 Å². The van der Waals surface area contributed by atoms with E-state index in [1.54, 1.807) is 18.6 Å². The van der Waals surface area contributed by atoms with Gasteiger partial charge in [-0.3, -0.25) is 4.90 Å². The van der Waals surface area contributed by atoms with E-state index >= 15 is 0 Å². The summed E-state index contributed by atoms with van der Waals surface area (Å²) in [6, 6.07) is 12.1. The van der Waals surface area contributed by atoms with Crippen molar-refractivity contribution in [2.24, 2.45) is 5.73 Å². The summed E-state index contributed by atoms with van der Waals surface area (Å²) in [7, 11) is 0. The normalized spacial score (nSPS) is 21.8. The van der Waals surface area contributed by atoms with E-state index in [0.29, 0.717) is 18.3 Å². The fourth-order valence-electron chi connectivity index (χ4n) is 3.08. The molecule has 0 radical (unpaired) electrons. The summed E-state index contributed by atoms with van der Waals surface area (Å²) in [5.41, 5.74) is 8.25. The summed E-state index contributed by atoms with van der Waals surface area (Å²) < 4.78 is 10.3. The first-order chi connectivity index (χ1) is 11.2. The minimum Gasteiger partial charge on any atom is -0.472 e. The third-order valence-electron chi connectivity index (χ3n) is 4.33. The van der Waals surface area contributed by atoms with Gasteiger partial charge in [0, 0.05) is 13.1 Å². The zero-order valence-corrected chi connectivity index (χ0v) is 12.7.